The van der Waals surface area contributed by atoms with Crippen LogP contribution in [0.5, 0.6) is 11.5 Å². The van der Waals surface area contributed by atoms with E-state index in [4.69, 9.17) is 14.6 Å². The molecule has 2 aliphatic heterocycles. The molecule has 1 fully saturated rings. The number of nitrogens with zero attached hydrogens (tertiary/aromatic N) is 3. The molecule has 0 radical (unpaired) electrons. The Morgan fingerprint density at radius 1 is 1.03 bits per heavy atom. The molecule has 6 rings (SSSR count). The Kier molecular flexibility index (Phi) is 5.47. The number of aryl methyl sites for hydroxylation is 1. The first-order valence-corrected chi connectivity index (χ1v) is 12.5. The summed E-state index contributed by atoms with van der Waals surface area (Å²) in [5.74, 6) is 1.78. The van der Waals surface area contributed by atoms with E-state index in [1.807, 2.05) is 46.8 Å². The summed E-state index contributed by atoms with van der Waals surface area (Å²) in [5, 5.41) is 5.79. The number of ether oxygens (including phenoxy) is 2. The lowest BCUT2D eigenvalue weighted by atomic mass is 10.1. The first kappa shape index (κ1) is 21.2. The number of amides is 1. The van der Waals surface area contributed by atoms with Gasteiger partial charge in [-0.05, 0) is 36.8 Å². The number of benzene rings is 2. The molecule has 4 heterocycles. The van der Waals surface area contributed by atoms with E-state index in [-0.39, 0.29) is 5.91 Å². The second-order valence-corrected chi connectivity index (χ2v) is 10.00. The maximum atomic E-state index is 13.3. The lowest BCUT2D eigenvalue weighted by Crippen LogP contribution is -3.13. The first-order chi connectivity index (χ1) is 16.6. The highest BCUT2D eigenvalue weighted by Crippen LogP contribution is 2.32. The number of rotatable bonds is 5. The Morgan fingerprint density at radius 3 is 2.65 bits per heavy atom. The molecule has 0 bridgehead atoms. The number of nitrogens with one attached hydrogen (secondary N) is 1. The van der Waals surface area contributed by atoms with E-state index < -0.39 is 0 Å². The highest BCUT2D eigenvalue weighted by Gasteiger charge is 2.27. The quantitative estimate of drug-likeness (QED) is 0.482. The fraction of sp³-hybridized carbons (Fsp3) is 0.308. The number of thiophene rings is 1. The topological polar surface area (TPSA) is 61.0 Å². The van der Waals surface area contributed by atoms with Crippen molar-refractivity contribution in [2.75, 3.05) is 33.0 Å². The predicted molar refractivity (Wildman–Crippen MR) is 131 cm³/mol. The normalized spacial score (nSPS) is 15.9. The minimum Gasteiger partial charge on any atom is -0.454 e. The molecule has 0 unspecified atom stereocenters. The predicted octanol–water partition coefficient (Wildman–Crippen LogP) is 2.72. The Balaban J connectivity index is 1.12. The number of carbonyl (C=O) groups excluding carboxylic acids is 1. The van der Waals surface area contributed by atoms with E-state index in [1.165, 1.54) is 16.0 Å². The van der Waals surface area contributed by atoms with E-state index in [1.54, 1.807) is 11.3 Å². The molecule has 0 spiro atoms. The van der Waals surface area contributed by atoms with E-state index >= 15 is 0 Å². The monoisotopic (exact) mass is 475 g/mol. The summed E-state index contributed by atoms with van der Waals surface area (Å²) >= 11 is 1.56. The van der Waals surface area contributed by atoms with Crippen LogP contribution >= 0.6 is 11.3 Å². The summed E-state index contributed by atoms with van der Waals surface area (Å²) in [5.41, 5.74) is 3.41. The van der Waals surface area contributed by atoms with Crippen molar-refractivity contribution in [2.45, 2.75) is 20.0 Å². The van der Waals surface area contributed by atoms with Gasteiger partial charge in [0.25, 0.3) is 5.91 Å². The zero-order valence-electron chi connectivity index (χ0n) is 19.1. The van der Waals surface area contributed by atoms with Crippen molar-refractivity contribution in [2.24, 2.45) is 0 Å². The van der Waals surface area contributed by atoms with Gasteiger partial charge >= 0.3 is 0 Å². The molecule has 0 atom stereocenters. The van der Waals surface area contributed by atoms with Crippen LogP contribution in [0.15, 0.2) is 54.6 Å². The third-order valence-corrected chi connectivity index (χ3v) is 7.78. The molecule has 1 saturated heterocycles. The second kappa shape index (κ2) is 8.77. The largest absolute Gasteiger partial charge is 0.454 e. The van der Waals surface area contributed by atoms with Crippen LogP contribution in [0, 0.1) is 6.92 Å². The third-order valence-electron chi connectivity index (χ3n) is 6.64. The third kappa shape index (κ3) is 4.03. The van der Waals surface area contributed by atoms with Crippen molar-refractivity contribution >= 4 is 27.5 Å². The molecule has 4 aromatic rings. The van der Waals surface area contributed by atoms with Gasteiger partial charge in [-0.3, -0.25) is 9.48 Å². The molecular weight excluding hydrogens is 448 g/mol. The van der Waals surface area contributed by atoms with Crippen LogP contribution in [-0.2, 0) is 13.1 Å². The number of aromatic nitrogens is 2. The van der Waals surface area contributed by atoms with Gasteiger partial charge in [-0.2, -0.15) is 5.10 Å². The van der Waals surface area contributed by atoms with Crippen LogP contribution in [0.3, 0.4) is 0 Å². The van der Waals surface area contributed by atoms with E-state index in [2.05, 4.69) is 24.3 Å². The molecule has 0 saturated carbocycles. The summed E-state index contributed by atoms with van der Waals surface area (Å²) in [6, 6.07) is 18.5. The molecule has 7 nitrogen and oxygen atoms in total. The van der Waals surface area contributed by atoms with Crippen molar-refractivity contribution in [1.29, 1.82) is 0 Å². The molecule has 2 aliphatic rings. The van der Waals surface area contributed by atoms with Crippen LogP contribution in [-0.4, -0.2) is 53.6 Å². The maximum Gasteiger partial charge on any atom is 0.264 e. The fourth-order valence-electron chi connectivity index (χ4n) is 4.78. The second-order valence-electron chi connectivity index (χ2n) is 8.96. The van der Waals surface area contributed by atoms with Gasteiger partial charge in [0, 0.05) is 10.9 Å². The number of hydrogen-bond acceptors (Lipinski definition) is 5. The molecule has 174 valence electrons. The Labute approximate surface area is 202 Å². The molecular formula is C26H27N4O3S+. The number of fused-ring (bicyclic) bond motifs is 2. The van der Waals surface area contributed by atoms with Gasteiger partial charge in [0.15, 0.2) is 11.5 Å². The molecule has 34 heavy (non-hydrogen) atoms. The van der Waals surface area contributed by atoms with Crippen LogP contribution in [0.25, 0.3) is 10.2 Å². The Hall–Kier alpha value is -3.36. The molecule has 8 heteroatoms. The molecule has 2 aromatic heterocycles. The minimum absolute atomic E-state index is 0.133. The van der Waals surface area contributed by atoms with E-state index in [9.17, 15) is 4.79 Å². The van der Waals surface area contributed by atoms with Crippen molar-refractivity contribution in [3.8, 4) is 11.5 Å². The summed E-state index contributed by atoms with van der Waals surface area (Å²) < 4.78 is 12.9. The number of piperazine rings is 1. The molecule has 2 aromatic carbocycles. The van der Waals surface area contributed by atoms with Gasteiger partial charge in [0.05, 0.1) is 43.3 Å². The van der Waals surface area contributed by atoms with Gasteiger partial charge in [-0.25, -0.2) is 0 Å². The van der Waals surface area contributed by atoms with Crippen LogP contribution in [0.1, 0.15) is 26.5 Å². The lowest BCUT2D eigenvalue weighted by Gasteiger charge is -2.32. The highest BCUT2D eigenvalue weighted by atomic mass is 32.1. The summed E-state index contributed by atoms with van der Waals surface area (Å²) in [4.78, 5) is 18.7. The summed E-state index contributed by atoms with van der Waals surface area (Å²) in [6.45, 7) is 7.36. The van der Waals surface area contributed by atoms with Crippen LogP contribution in [0.4, 0.5) is 0 Å². The average molecular weight is 476 g/mol. The Morgan fingerprint density at radius 2 is 1.82 bits per heavy atom. The molecule has 1 N–H and O–H groups in total. The van der Waals surface area contributed by atoms with Crippen molar-refractivity contribution < 1.29 is 19.2 Å². The summed E-state index contributed by atoms with van der Waals surface area (Å²) in [7, 11) is 0. The summed E-state index contributed by atoms with van der Waals surface area (Å²) in [6.07, 6.45) is 0. The van der Waals surface area contributed by atoms with Gasteiger partial charge in [0.2, 0.25) is 6.79 Å². The van der Waals surface area contributed by atoms with Crippen molar-refractivity contribution in [1.82, 2.24) is 14.7 Å². The standard InChI is InChI=1S/C26H26N4O3S/c1-18-21-14-24(34-26(21)30(27-18)16-19-5-3-2-4-6-19)25(31)29-11-9-28(10-12-29)15-20-7-8-22-23(13-20)33-17-32-22/h2-8,13-14H,9-12,15-17H2,1H3/p+1. The van der Waals surface area contributed by atoms with Gasteiger partial charge in [-0.15, -0.1) is 11.3 Å². The van der Waals surface area contributed by atoms with Crippen LogP contribution < -0.4 is 14.4 Å². The SMILES string of the molecule is Cc1nn(Cc2ccccc2)c2sc(C(=O)N3CC[NH+](Cc4ccc5c(c4)OCO5)CC3)cc12. The zero-order chi connectivity index (χ0) is 23.1. The molecule has 0 aliphatic carbocycles. The molecule has 1 amide bonds. The lowest BCUT2D eigenvalue weighted by molar-refractivity contribution is -0.917. The minimum atomic E-state index is 0.133. The van der Waals surface area contributed by atoms with Crippen LogP contribution in [0.2, 0.25) is 0 Å². The van der Waals surface area contributed by atoms with Gasteiger partial charge < -0.3 is 19.3 Å². The van der Waals surface area contributed by atoms with Gasteiger partial charge in [-0.1, -0.05) is 30.3 Å². The Bertz CT molecular complexity index is 1340. The zero-order valence-corrected chi connectivity index (χ0v) is 19.9. The smallest absolute Gasteiger partial charge is 0.264 e. The number of carbonyl (C=O) groups is 1. The average Bonchev–Trinajstić information content (AvgIpc) is 3.57. The fourth-order valence-corrected chi connectivity index (χ4v) is 5.91. The maximum absolute atomic E-state index is 13.3. The first-order valence-electron chi connectivity index (χ1n) is 11.7. The van der Waals surface area contributed by atoms with Crippen molar-refractivity contribution in [3.63, 3.8) is 0 Å². The van der Waals surface area contributed by atoms with Gasteiger partial charge in [0.1, 0.15) is 11.4 Å². The van der Waals surface area contributed by atoms with E-state index in [0.29, 0.717) is 13.3 Å². The van der Waals surface area contributed by atoms with Crippen molar-refractivity contribution in [3.05, 3.63) is 76.3 Å². The number of hydrogen-bond donors (Lipinski definition) is 1. The highest BCUT2D eigenvalue weighted by molar-refractivity contribution is 7.20. The number of quaternary nitrogens is 1. The van der Waals surface area contributed by atoms with E-state index in [0.717, 1.165) is 65.0 Å².